The molecule has 4 heterocycles. The van der Waals surface area contributed by atoms with Gasteiger partial charge in [-0.25, -0.2) is 8.42 Å². The summed E-state index contributed by atoms with van der Waals surface area (Å²) in [5, 5.41) is 2.85. The minimum absolute atomic E-state index is 0.0429. The van der Waals surface area contributed by atoms with Gasteiger partial charge < -0.3 is 4.90 Å². The lowest BCUT2D eigenvalue weighted by molar-refractivity contribution is 0.193. The van der Waals surface area contributed by atoms with Gasteiger partial charge in [0.15, 0.2) is 0 Å². The van der Waals surface area contributed by atoms with Gasteiger partial charge in [0, 0.05) is 67.3 Å². The van der Waals surface area contributed by atoms with E-state index in [0.717, 1.165) is 75.0 Å². The van der Waals surface area contributed by atoms with Crippen molar-refractivity contribution >= 4 is 48.2 Å². The summed E-state index contributed by atoms with van der Waals surface area (Å²) in [7, 11) is -3.58. The van der Waals surface area contributed by atoms with Crippen molar-refractivity contribution in [3.05, 3.63) is 60.9 Å². The van der Waals surface area contributed by atoms with Crippen LogP contribution in [0.1, 0.15) is 25.7 Å². The fourth-order valence-electron chi connectivity index (χ4n) is 5.64. The summed E-state index contributed by atoms with van der Waals surface area (Å²) in [6.07, 6.45) is 7.20. The van der Waals surface area contributed by atoms with Crippen molar-refractivity contribution < 1.29 is 8.42 Å². The molecule has 7 nitrogen and oxygen atoms in total. The Kier molecular flexibility index (Phi) is 6.64. The van der Waals surface area contributed by atoms with Crippen LogP contribution in [0.4, 0.5) is 5.82 Å². The molecule has 0 bridgehead atoms. The van der Waals surface area contributed by atoms with Crippen LogP contribution in [0.2, 0.25) is 0 Å². The Hall–Kier alpha value is -2.59. The van der Waals surface area contributed by atoms with Gasteiger partial charge in [0.1, 0.15) is 5.82 Å². The summed E-state index contributed by atoms with van der Waals surface area (Å²) in [5.41, 5.74) is 0. The minimum Gasteiger partial charge on any atom is -0.353 e. The Morgan fingerprint density at radius 3 is 2.67 bits per heavy atom. The molecule has 188 valence electrons. The molecule has 0 unspecified atom stereocenters. The topological polar surface area (TPSA) is 69.6 Å². The molecule has 0 saturated carbocycles. The third-order valence-corrected chi connectivity index (χ3v) is 10.4. The molecule has 2 aliphatic rings. The van der Waals surface area contributed by atoms with E-state index in [-0.39, 0.29) is 6.04 Å². The van der Waals surface area contributed by atoms with Crippen molar-refractivity contribution in [1.29, 1.82) is 0 Å². The maximum atomic E-state index is 13.8. The summed E-state index contributed by atoms with van der Waals surface area (Å²) in [5.74, 6) is 1.10. The van der Waals surface area contributed by atoms with Crippen molar-refractivity contribution in [2.75, 3.05) is 44.2 Å². The van der Waals surface area contributed by atoms with Crippen molar-refractivity contribution in [3.8, 4) is 0 Å². The number of nitrogens with zero attached hydrogens (tertiary/aromatic N) is 5. The number of fused-ring (bicyclic) bond motifs is 2. The number of anilines is 1. The summed E-state index contributed by atoms with van der Waals surface area (Å²) in [6.45, 7) is 5.36. The highest BCUT2D eigenvalue weighted by Crippen LogP contribution is 2.32. The van der Waals surface area contributed by atoms with Gasteiger partial charge in [-0.05, 0) is 61.6 Å². The highest BCUT2D eigenvalue weighted by molar-refractivity contribution is 7.89. The van der Waals surface area contributed by atoms with Crippen LogP contribution in [0.15, 0.2) is 65.8 Å². The van der Waals surface area contributed by atoms with Gasteiger partial charge in [0.05, 0.1) is 9.60 Å². The smallest absolute Gasteiger partial charge is 0.243 e. The Balaban J connectivity index is 1.12. The number of piperazine rings is 1. The Labute approximate surface area is 216 Å². The van der Waals surface area contributed by atoms with Crippen molar-refractivity contribution in [2.24, 2.45) is 0 Å². The van der Waals surface area contributed by atoms with E-state index in [4.69, 9.17) is 4.37 Å². The van der Waals surface area contributed by atoms with Gasteiger partial charge in [-0.1, -0.05) is 30.7 Å². The zero-order valence-corrected chi connectivity index (χ0v) is 21.9. The molecule has 2 aliphatic heterocycles. The lowest BCUT2D eigenvalue weighted by Gasteiger charge is -2.38. The summed E-state index contributed by atoms with van der Waals surface area (Å²) in [4.78, 5) is 9.43. The maximum Gasteiger partial charge on any atom is 0.243 e. The first kappa shape index (κ1) is 23.8. The van der Waals surface area contributed by atoms with E-state index in [1.165, 1.54) is 10.1 Å². The first-order valence-corrected chi connectivity index (χ1v) is 15.0. The average molecular weight is 522 g/mol. The van der Waals surface area contributed by atoms with Crippen LogP contribution in [-0.4, -0.2) is 72.3 Å². The first-order valence-electron chi connectivity index (χ1n) is 12.8. The molecule has 0 radical (unpaired) electrons. The standard InChI is InChI=1S/C27H31N5O2S2/c33-36(34,26-10-5-6-21-20-28-13-11-23(21)26)32-14-4-3-7-22(32)12-15-30-16-18-31(19-17-30)27-24-8-1-2-9-25(24)35-29-27/h1-2,5-6,8-11,13,20,22H,3-4,7,12,14-19H2/t22-/m0/s1. The maximum absolute atomic E-state index is 13.8. The third-order valence-electron chi connectivity index (χ3n) is 7.61. The molecule has 2 aromatic carbocycles. The number of hydrogen-bond donors (Lipinski definition) is 0. The molecule has 36 heavy (non-hydrogen) atoms. The number of sulfonamides is 1. The lowest BCUT2D eigenvalue weighted by atomic mass is 10.0. The highest BCUT2D eigenvalue weighted by Gasteiger charge is 2.34. The number of benzene rings is 2. The molecule has 2 fully saturated rings. The molecule has 2 saturated heterocycles. The normalized spacial score (nSPS) is 20.3. The predicted molar refractivity (Wildman–Crippen MR) is 146 cm³/mol. The van der Waals surface area contributed by atoms with E-state index in [1.54, 1.807) is 34.3 Å². The van der Waals surface area contributed by atoms with E-state index in [0.29, 0.717) is 11.4 Å². The Bertz CT molecular complexity index is 1460. The van der Waals surface area contributed by atoms with Gasteiger partial charge in [-0.15, -0.1) is 0 Å². The zero-order chi connectivity index (χ0) is 24.5. The minimum atomic E-state index is -3.58. The van der Waals surface area contributed by atoms with E-state index >= 15 is 0 Å². The van der Waals surface area contributed by atoms with Crippen LogP contribution >= 0.6 is 11.5 Å². The monoisotopic (exact) mass is 521 g/mol. The summed E-state index contributed by atoms with van der Waals surface area (Å²) < 4.78 is 35.4. The molecule has 6 rings (SSSR count). The van der Waals surface area contributed by atoms with Gasteiger partial charge >= 0.3 is 0 Å². The molecule has 9 heteroatoms. The molecule has 0 spiro atoms. The molecule has 4 aromatic rings. The van der Waals surface area contributed by atoms with Crippen LogP contribution in [-0.2, 0) is 10.0 Å². The zero-order valence-electron chi connectivity index (χ0n) is 20.3. The fraction of sp³-hybridized carbons (Fsp3) is 0.407. The number of aromatic nitrogens is 2. The van der Waals surface area contributed by atoms with Gasteiger partial charge in [0.25, 0.3) is 0 Å². The Morgan fingerprint density at radius 2 is 1.78 bits per heavy atom. The molecular formula is C27H31N5O2S2. The van der Waals surface area contributed by atoms with E-state index in [9.17, 15) is 8.42 Å². The van der Waals surface area contributed by atoms with E-state index in [2.05, 4.69) is 39.0 Å². The number of piperidine rings is 1. The van der Waals surface area contributed by atoms with Crippen LogP contribution < -0.4 is 4.90 Å². The first-order chi connectivity index (χ1) is 17.6. The van der Waals surface area contributed by atoms with Gasteiger partial charge in [-0.3, -0.25) is 9.88 Å². The van der Waals surface area contributed by atoms with Gasteiger partial charge in [-0.2, -0.15) is 8.68 Å². The molecule has 0 aliphatic carbocycles. The molecule has 2 aromatic heterocycles. The molecule has 0 amide bonds. The second-order valence-corrected chi connectivity index (χ2v) is 12.4. The molecular weight excluding hydrogens is 490 g/mol. The number of pyridine rings is 1. The van der Waals surface area contributed by atoms with Crippen molar-refractivity contribution in [3.63, 3.8) is 0 Å². The van der Waals surface area contributed by atoms with E-state index < -0.39 is 10.0 Å². The van der Waals surface area contributed by atoms with Crippen LogP contribution in [0.3, 0.4) is 0 Å². The predicted octanol–water partition coefficient (Wildman–Crippen LogP) is 4.60. The molecule has 0 N–H and O–H groups in total. The van der Waals surface area contributed by atoms with Crippen LogP contribution in [0.25, 0.3) is 20.9 Å². The van der Waals surface area contributed by atoms with Crippen molar-refractivity contribution in [2.45, 2.75) is 36.6 Å². The van der Waals surface area contributed by atoms with Crippen molar-refractivity contribution in [1.82, 2.24) is 18.6 Å². The largest absolute Gasteiger partial charge is 0.353 e. The number of rotatable bonds is 6. The lowest BCUT2D eigenvalue weighted by Crippen LogP contribution is -2.49. The third kappa shape index (κ3) is 4.49. The SMILES string of the molecule is O=S(=O)(c1cccc2cnccc12)N1CCCC[C@H]1CCN1CCN(c2nsc3ccccc23)CC1. The summed E-state index contributed by atoms with van der Waals surface area (Å²) in [6, 6.07) is 15.8. The fourth-order valence-corrected chi connectivity index (χ4v) is 8.37. The second-order valence-electron chi connectivity index (χ2n) is 9.74. The Morgan fingerprint density at radius 1 is 0.917 bits per heavy atom. The highest BCUT2D eigenvalue weighted by atomic mass is 32.2. The molecule has 1 atom stereocenters. The van der Waals surface area contributed by atoms with Crippen LogP contribution in [0, 0.1) is 0 Å². The quantitative estimate of drug-likeness (QED) is 0.369. The average Bonchev–Trinajstić information content (AvgIpc) is 3.36. The van der Waals surface area contributed by atoms with E-state index in [1.807, 2.05) is 18.2 Å². The van der Waals surface area contributed by atoms with Crippen LogP contribution in [0.5, 0.6) is 0 Å². The second kappa shape index (κ2) is 10.0. The summed E-state index contributed by atoms with van der Waals surface area (Å²) >= 11 is 1.57. The van der Waals surface area contributed by atoms with Gasteiger partial charge in [0.2, 0.25) is 10.0 Å². The number of hydrogen-bond acceptors (Lipinski definition) is 7.